The van der Waals surface area contributed by atoms with Crippen LogP contribution in [0.4, 0.5) is 0 Å². The van der Waals surface area contributed by atoms with Gasteiger partial charge in [-0.3, -0.25) is 4.98 Å². The molecule has 0 fully saturated rings. The lowest BCUT2D eigenvalue weighted by molar-refractivity contribution is -0.00461. The van der Waals surface area contributed by atoms with Crippen LogP contribution in [0.15, 0.2) is 53.3 Å². The van der Waals surface area contributed by atoms with Gasteiger partial charge in [0, 0.05) is 29.5 Å². The molecule has 0 saturated carbocycles. The van der Waals surface area contributed by atoms with E-state index in [1.54, 1.807) is 13.3 Å². The first kappa shape index (κ1) is 17.0. The number of pyridine rings is 1. The second-order valence-corrected chi connectivity index (χ2v) is 6.11. The Labute approximate surface area is 140 Å². The zero-order valence-electron chi connectivity index (χ0n) is 13.0. The van der Waals surface area contributed by atoms with Crippen LogP contribution in [0.5, 0.6) is 5.75 Å². The summed E-state index contributed by atoms with van der Waals surface area (Å²) in [5.41, 5.74) is 1.04. The third-order valence-corrected chi connectivity index (χ3v) is 4.08. The zero-order chi connectivity index (χ0) is 15.8. The van der Waals surface area contributed by atoms with E-state index in [1.807, 2.05) is 42.6 Å². The number of aromatic nitrogens is 1. The Morgan fingerprint density at radius 2 is 1.95 bits per heavy atom. The highest BCUT2D eigenvalue weighted by atomic mass is 79.9. The molecule has 118 valence electrons. The Kier molecular flexibility index (Phi) is 6.87. The van der Waals surface area contributed by atoms with Crippen molar-refractivity contribution in [3.8, 4) is 5.75 Å². The van der Waals surface area contributed by atoms with Gasteiger partial charge in [-0.25, -0.2) is 0 Å². The number of ether oxygens (including phenoxy) is 2. The summed E-state index contributed by atoms with van der Waals surface area (Å²) < 4.78 is 13.0. The van der Waals surface area contributed by atoms with Crippen LogP contribution in [0.2, 0.25) is 0 Å². The molecule has 0 amide bonds. The van der Waals surface area contributed by atoms with E-state index in [-0.39, 0.29) is 12.2 Å². The first-order valence-corrected chi connectivity index (χ1v) is 8.38. The summed E-state index contributed by atoms with van der Waals surface area (Å²) in [6, 6.07) is 11.9. The normalized spacial score (nSPS) is 13.6. The van der Waals surface area contributed by atoms with E-state index >= 15 is 0 Å². The molecule has 0 aliphatic heterocycles. The third-order valence-electron chi connectivity index (χ3n) is 3.55. The summed E-state index contributed by atoms with van der Waals surface area (Å²) >= 11 is 3.44. The highest BCUT2D eigenvalue weighted by molar-refractivity contribution is 9.10. The molecular formula is C18H22BrNO2. The Morgan fingerprint density at radius 1 is 1.18 bits per heavy atom. The average molecular weight is 364 g/mol. The molecule has 0 N–H and O–H groups in total. The number of methoxy groups -OCH3 is 1. The summed E-state index contributed by atoms with van der Waals surface area (Å²) in [7, 11) is 1.72. The fourth-order valence-electron chi connectivity index (χ4n) is 2.41. The van der Waals surface area contributed by atoms with Crippen molar-refractivity contribution in [1.29, 1.82) is 0 Å². The van der Waals surface area contributed by atoms with Crippen LogP contribution in [0, 0.1) is 0 Å². The van der Waals surface area contributed by atoms with Crippen LogP contribution in [-0.2, 0) is 4.74 Å². The van der Waals surface area contributed by atoms with E-state index in [4.69, 9.17) is 9.47 Å². The van der Waals surface area contributed by atoms with Gasteiger partial charge in [-0.05, 0) is 43.2 Å². The smallest absolute Gasteiger partial charge is 0.129 e. The van der Waals surface area contributed by atoms with Crippen LogP contribution in [0.1, 0.15) is 37.9 Å². The van der Waals surface area contributed by atoms with E-state index in [1.165, 1.54) is 0 Å². The highest BCUT2D eigenvalue weighted by Gasteiger charge is 2.24. The average Bonchev–Trinajstić information content (AvgIpc) is 2.56. The highest BCUT2D eigenvalue weighted by Crippen LogP contribution is 2.28. The number of hydrogen-bond acceptors (Lipinski definition) is 3. The minimum Gasteiger partial charge on any atom is -0.487 e. The zero-order valence-corrected chi connectivity index (χ0v) is 14.6. The molecule has 0 aliphatic carbocycles. The van der Waals surface area contributed by atoms with Gasteiger partial charge in [0.05, 0.1) is 0 Å². The standard InChI is InChI=1S/C18H22BrNO2/c1-3-4-7-17(22-16-10-8-15(19)9-11-16)18(21-2)14-6-5-12-20-13-14/h5-6,8-13,17-18H,3-4,7H2,1-2H3. The molecular weight excluding hydrogens is 342 g/mol. The van der Waals surface area contributed by atoms with E-state index in [0.29, 0.717) is 0 Å². The Bertz CT molecular complexity index is 545. The van der Waals surface area contributed by atoms with E-state index in [0.717, 1.165) is 35.0 Å². The molecule has 3 nitrogen and oxygen atoms in total. The largest absolute Gasteiger partial charge is 0.487 e. The monoisotopic (exact) mass is 363 g/mol. The molecule has 2 unspecified atom stereocenters. The number of nitrogens with zero attached hydrogens (tertiary/aromatic N) is 1. The molecule has 1 aromatic heterocycles. The number of rotatable bonds is 8. The van der Waals surface area contributed by atoms with Crippen LogP contribution in [0.25, 0.3) is 0 Å². The molecule has 0 spiro atoms. The van der Waals surface area contributed by atoms with Gasteiger partial charge in [0.2, 0.25) is 0 Å². The van der Waals surface area contributed by atoms with E-state index in [9.17, 15) is 0 Å². The first-order chi connectivity index (χ1) is 10.7. The first-order valence-electron chi connectivity index (χ1n) is 7.59. The number of benzene rings is 1. The predicted octanol–water partition coefficient (Wildman–Crippen LogP) is 5.17. The minimum absolute atomic E-state index is 0.0321. The van der Waals surface area contributed by atoms with Crippen molar-refractivity contribution in [3.05, 3.63) is 58.8 Å². The van der Waals surface area contributed by atoms with Gasteiger partial charge in [0.25, 0.3) is 0 Å². The van der Waals surface area contributed by atoms with Crippen molar-refractivity contribution in [2.45, 2.75) is 38.4 Å². The Morgan fingerprint density at radius 3 is 2.55 bits per heavy atom. The lowest BCUT2D eigenvalue weighted by atomic mass is 10.0. The second kappa shape index (κ2) is 8.91. The number of unbranched alkanes of at least 4 members (excludes halogenated alkanes) is 1. The quantitative estimate of drug-likeness (QED) is 0.648. The van der Waals surface area contributed by atoms with Crippen molar-refractivity contribution in [1.82, 2.24) is 4.98 Å². The van der Waals surface area contributed by atoms with Gasteiger partial charge >= 0.3 is 0 Å². The van der Waals surface area contributed by atoms with Gasteiger partial charge in [-0.15, -0.1) is 0 Å². The lowest BCUT2D eigenvalue weighted by Gasteiger charge is -2.27. The van der Waals surface area contributed by atoms with E-state index in [2.05, 4.69) is 27.8 Å². The third kappa shape index (κ3) is 4.82. The lowest BCUT2D eigenvalue weighted by Crippen LogP contribution is -2.27. The molecule has 2 rings (SSSR count). The fraction of sp³-hybridized carbons (Fsp3) is 0.389. The Hall–Kier alpha value is -1.39. The van der Waals surface area contributed by atoms with Crippen LogP contribution >= 0.6 is 15.9 Å². The van der Waals surface area contributed by atoms with Crippen LogP contribution in [-0.4, -0.2) is 18.2 Å². The maximum Gasteiger partial charge on any atom is 0.129 e. The summed E-state index contributed by atoms with van der Waals surface area (Å²) in [6.45, 7) is 2.18. The molecule has 2 atom stereocenters. The molecule has 0 bridgehead atoms. The molecule has 0 radical (unpaired) electrons. The van der Waals surface area contributed by atoms with Gasteiger partial charge in [0.1, 0.15) is 18.0 Å². The predicted molar refractivity (Wildman–Crippen MR) is 92.1 cm³/mol. The number of halogens is 1. The molecule has 4 heteroatoms. The van der Waals surface area contributed by atoms with Crippen molar-refractivity contribution < 1.29 is 9.47 Å². The number of hydrogen-bond donors (Lipinski definition) is 0. The summed E-state index contributed by atoms with van der Waals surface area (Å²) in [4.78, 5) is 4.19. The SMILES string of the molecule is CCCCC(Oc1ccc(Br)cc1)C(OC)c1cccnc1. The molecule has 2 aromatic rings. The summed E-state index contributed by atoms with van der Waals surface area (Å²) in [5, 5.41) is 0. The van der Waals surface area contributed by atoms with Gasteiger partial charge < -0.3 is 9.47 Å². The molecule has 0 aliphatic rings. The van der Waals surface area contributed by atoms with Crippen molar-refractivity contribution in [3.63, 3.8) is 0 Å². The van der Waals surface area contributed by atoms with Crippen molar-refractivity contribution in [2.75, 3.05) is 7.11 Å². The van der Waals surface area contributed by atoms with Gasteiger partial charge in [-0.2, -0.15) is 0 Å². The molecule has 1 heterocycles. The van der Waals surface area contributed by atoms with E-state index < -0.39 is 0 Å². The minimum atomic E-state index is -0.121. The van der Waals surface area contributed by atoms with Gasteiger partial charge in [0.15, 0.2) is 0 Å². The van der Waals surface area contributed by atoms with Crippen LogP contribution in [0.3, 0.4) is 0 Å². The summed E-state index contributed by atoms with van der Waals surface area (Å²) in [6.07, 6.45) is 6.63. The summed E-state index contributed by atoms with van der Waals surface area (Å²) in [5.74, 6) is 0.857. The second-order valence-electron chi connectivity index (χ2n) is 5.20. The van der Waals surface area contributed by atoms with Crippen molar-refractivity contribution >= 4 is 15.9 Å². The molecule has 1 aromatic carbocycles. The van der Waals surface area contributed by atoms with Crippen molar-refractivity contribution in [2.24, 2.45) is 0 Å². The molecule has 0 saturated heterocycles. The maximum atomic E-state index is 6.21. The maximum absolute atomic E-state index is 6.21. The van der Waals surface area contributed by atoms with Crippen LogP contribution < -0.4 is 4.74 Å². The topological polar surface area (TPSA) is 31.4 Å². The Balaban J connectivity index is 2.18. The fourth-order valence-corrected chi connectivity index (χ4v) is 2.68. The van der Waals surface area contributed by atoms with Gasteiger partial charge in [-0.1, -0.05) is 35.3 Å². The molecule has 22 heavy (non-hydrogen) atoms.